The molecule has 0 bridgehead atoms. The van der Waals surface area contributed by atoms with Crippen molar-refractivity contribution in [2.75, 3.05) is 35.7 Å². The van der Waals surface area contributed by atoms with Gasteiger partial charge in [-0.2, -0.15) is 0 Å². The Morgan fingerprint density at radius 1 is 1.00 bits per heavy atom. The maximum atomic E-state index is 12.0. The minimum Gasteiger partial charge on any atom is -0.497 e. The number of benzene rings is 2. The number of urea groups is 1. The van der Waals surface area contributed by atoms with Crippen molar-refractivity contribution >= 4 is 23.1 Å². The standard InChI is InChI=1S/C18H23N3O2/c1-4-21(5-2)16-11-9-14(10-12-16)19-18(22)20-15-7-6-8-17(13-15)23-3/h6-13H,4-5H2,1-3H3,(H2,19,20,22). The minimum absolute atomic E-state index is 0.283. The summed E-state index contributed by atoms with van der Waals surface area (Å²) in [5.74, 6) is 0.700. The van der Waals surface area contributed by atoms with Gasteiger partial charge in [-0.05, 0) is 50.2 Å². The van der Waals surface area contributed by atoms with Crippen LogP contribution in [0.25, 0.3) is 0 Å². The van der Waals surface area contributed by atoms with Crippen molar-refractivity contribution in [3.8, 4) is 5.75 Å². The zero-order valence-electron chi connectivity index (χ0n) is 13.8. The third-order valence-corrected chi connectivity index (χ3v) is 3.58. The quantitative estimate of drug-likeness (QED) is 0.841. The van der Waals surface area contributed by atoms with E-state index in [4.69, 9.17) is 4.74 Å². The molecule has 122 valence electrons. The number of hydrogen-bond donors (Lipinski definition) is 2. The number of amides is 2. The lowest BCUT2D eigenvalue weighted by molar-refractivity contribution is 0.262. The Morgan fingerprint density at radius 3 is 2.26 bits per heavy atom. The minimum atomic E-state index is -0.283. The monoisotopic (exact) mass is 313 g/mol. The predicted octanol–water partition coefficient (Wildman–Crippen LogP) is 4.19. The number of carbonyl (C=O) groups excluding carboxylic acids is 1. The van der Waals surface area contributed by atoms with Gasteiger partial charge in [0.05, 0.1) is 7.11 Å². The van der Waals surface area contributed by atoms with Gasteiger partial charge >= 0.3 is 6.03 Å². The zero-order chi connectivity index (χ0) is 16.7. The van der Waals surface area contributed by atoms with E-state index >= 15 is 0 Å². The third kappa shape index (κ3) is 4.64. The van der Waals surface area contributed by atoms with Crippen molar-refractivity contribution in [2.45, 2.75) is 13.8 Å². The molecule has 5 nitrogen and oxygen atoms in total. The Morgan fingerprint density at radius 2 is 1.65 bits per heavy atom. The van der Waals surface area contributed by atoms with E-state index in [0.29, 0.717) is 11.4 Å². The van der Waals surface area contributed by atoms with Gasteiger partial charge in [0.1, 0.15) is 5.75 Å². The molecule has 0 saturated carbocycles. The van der Waals surface area contributed by atoms with Gasteiger partial charge in [0.2, 0.25) is 0 Å². The van der Waals surface area contributed by atoms with Crippen LogP contribution in [0.5, 0.6) is 5.75 Å². The van der Waals surface area contributed by atoms with Gasteiger partial charge in [0.25, 0.3) is 0 Å². The normalized spacial score (nSPS) is 10.0. The number of anilines is 3. The Bertz CT molecular complexity index is 637. The predicted molar refractivity (Wildman–Crippen MR) is 95.6 cm³/mol. The molecule has 5 heteroatoms. The molecule has 0 aliphatic rings. The number of rotatable bonds is 6. The van der Waals surface area contributed by atoms with Crippen molar-refractivity contribution in [2.24, 2.45) is 0 Å². The summed E-state index contributed by atoms with van der Waals surface area (Å²) < 4.78 is 5.14. The van der Waals surface area contributed by atoms with E-state index in [1.807, 2.05) is 42.5 Å². The summed E-state index contributed by atoms with van der Waals surface area (Å²) in [6, 6.07) is 14.8. The molecule has 0 fully saturated rings. The Kier molecular flexibility index (Phi) is 5.86. The largest absolute Gasteiger partial charge is 0.497 e. The van der Waals surface area contributed by atoms with Gasteiger partial charge in [-0.15, -0.1) is 0 Å². The van der Waals surface area contributed by atoms with Crippen LogP contribution in [0.3, 0.4) is 0 Å². The topological polar surface area (TPSA) is 53.6 Å². The summed E-state index contributed by atoms with van der Waals surface area (Å²) in [7, 11) is 1.59. The lowest BCUT2D eigenvalue weighted by Gasteiger charge is -2.21. The molecule has 23 heavy (non-hydrogen) atoms. The fourth-order valence-electron chi connectivity index (χ4n) is 2.34. The van der Waals surface area contributed by atoms with Crippen LogP contribution in [0.4, 0.5) is 21.9 Å². The van der Waals surface area contributed by atoms with Crippen molar-refractivity contribution in [1.29, 1.82) is 0 Å². The molecule has 0 atom stereocenters. The highest BCUT2D eigenvalue weighted by atomic mass is 16.5. The first-order chi connectivity index (χ1) is 11.2. The lowest BCUT2D eigenvalue weighted by atomic mass is 10.2. The molecule has 2 aromatic carbocycles. The molecule has 0 unspecified atom stereocenters. The molecule has 0 aromatic heterocycles. The molecule has 0 heterocycles. The van der Waals surface area contributed by atoms with Gasteiger partial charge in [-0.1, -0.05) is 6.07 Å². The van der Waals surface area contributed by atoms with Crippen LogP contribution in [0.1, 0.15) is 13.8 Å². The van der Waals surface area contributed by atoms with Gasteiger partial charge in [0, 0.05) is 36.2 Å². The fourth-order valence-corrected chi connectivity index (χ4v) is 2.34. The third-order valence-electron chi connectivity index (χ3n) is 3.58. The number of ether oxygens (including phenoxy) is 1. The summed E-state index contributed by atoms with van der Waals surface area (Å²) in [4.78, 5) is 14.3. The SMILES string of the molecule is CCN(CC)c1ccc(NC(=O)Nc2cccc(OC)c2)cc1. The first-order valence-corrected chi connectivity index (χ1v) is 7.73. The Hall–Kier alpha value is -2.69. The molecule has 0 aliphatic carbocycles. The maximum Gasteiger partial charge on any atom is 0.323 e. The van der Waals surface area contributed by atoms with Gasteiger partial charge < -0.3 is 20.3 Å². The Labute approximate surface area is 137 Å². The molecule has 0 spiro atoms. The highest BCUT2D eigenvalue weighted by Gasteiger charge is 2.05. The van der Waals surface area contributed by atoms with Crippen LogP contribution in [-0.2, 0) is 0 Å². The molecular formula is C18H23N3O2. The number of carbonyl (C=O) groups is 1. The lowest BCUT2D eigenvalue weighted by Crippen LogP contribution is -2.22. The average Bonchev–Trinajstić information content (AvgIpc) is 2.57. The molecular weight excluding hydrogens is 290 g/mol. The van der Waals surface area contributed by atoms with Crippen molar-refractivity contribution < 1.29 is 9.53 Å². The number of methoxy groups -OCH3 is 1. The van der Waals surface area contributed by atoms with Gasteiger partial charge in [-0.25, -0.2) is 4.79 Å². The van der Waals surface area contributed by atoms with Crippen LogP contribution in [0, 0.1) is 0 Å². The first-order valence-electron chi connectivity index (χ1n) is 7.73. The molecule has 2 aromatic rings. The van der Waals surface area contributed by atoms with E-state index in [9.17, 15) is 4.79 Å². The van der Waals surface area contributed by atoms with Crippen molar-refractivity contribution in [3.63, 3.8) is 0 Å². The smallest absolute Gasteiger partial charge is 0.323 e. The van der Waals surface area contributed by atoms with Gasteiger partial charge in [-0.3, -0.25) is 0 Å². The van der Waals surface area contributed by atoms with E-state index in [-0.39, 0.29) is 6.03 Å². The summed E-state index contributed by atoms with van der Waals surface area (Å²) in [5, 5.41) is 5.61. The van der Waals surface area contributed by atoms with Crippen LogP contribution >= 0.6 is 0 Å². The molecule has 2 amide bonds. The highest BCUT2D eigenvalue weighted by Crippen LogP contribution is 2.19. The fraction of sp³-hybridized carbons (Fsp3) is 0.278. The molecule has 2 rings (SSSR count). The molecule has 0 saturated heterocycles. The molecule has 2 N–H and O–H groups in total. The first kappa shape index (κ1) is 16.7. The highest BCUT2D eigenvalue weighted by molar-refractivity contribution is 5.99. The zero-order valence-corrected chi connectivity index (χ0v) is 13.8. The maximum absolute atomic E-state index is 12.0. The van der Waals surface area contributed by atoms with E-state index in [1.54, 1.807) is 13.2 Å². The summed E-state index contributed by atoms with van der Waals surface area (Å²) in [6.07, 6.45) is 0. The second-order valence-corrected chi connectivity index (χ2v) is 5.03. The van der Waals surface area contributed by atoms with Crippen LogP contribution in [-0.4, -0.2) is 26.2 Å². The van der Waals surface area contributed by atoms with Crippen molar-refractivity contribution in [3.05, 3.63) is 48.5 Å². The van der Waals surface area contributed by atoms with Crippen LogP contribution in [0.2, 0.25) is 0 Å². The van der Waals surface area contributed by atoms with Crippen LogP contribution in [0.15, 0.2) is 48.5 Å². The van der Waals surface area contributed by atoms with Gasteiger partial charge in [0.15, 0.2) is 0 Å². The van der Waals surface area contributed by atoms with E-state index < -0.39 is 0 Å². The summed E-state index contributed by atoms with van der Waals surface area (Å²) in [6.45, 7) is 6.16. The van der Waals surface area contributed by atoms with Crippen molar-refractivity contribution in [1.82, 2.24) is 0 Å². The second-order valence-electron chi connectivity index (χ2n) is 5.03. The van der Waals surface area contributed by atoms with E-state index in [0.717, 1.165) is 24.5 Å². The van der Waals surface area contributed by atoms with Crippen LogP contribution < -0.4 is 20.3 Å². The number of nitrogens with one attached hydrogen (secondary N) is 2. The molecule has 0 radical (unpaired) electrons. The van der Waals surface area contributed by atoms with E-state index in [2.05, 4.69) is 29.4 Å². The second kappa shape index (κ2) is 8.08. The summed E-state index contributed by atoms with van der Waals surface area (Å²) in [5.41, 5.74) is 2.58. The van der Waals surface area contributed by atoms with E-state index in [1.165, 1.54) is 0 Å². The number of nitrogens with zero attached hydrogens (tertiary/aromatic N) is 1. The average molecular weight is 313 g/mol. The molecule has 0 aliphatic heterocycles. The summed E-state index contributed by atoms with van der Waals surface area (Å²) >= 11 is 0. The Balaban J connectivity index is 1.97. The number of hydrogen-bond acceptors (Lipinski definition) is 3.